The molecule has 0 amide bonds. The first-order valence-corrected chi connectivity index (χ1v) is 10.9. The fraction of sp³-hybridized carbons (Fsp3) is 0.357. The van der Waals surface area contributed by atoms with Crippen molar-refractivity contribution in [2.45, 2.75) is 40.0 Å². The summed E-state index contributed by atoms with van der Waals surface area (Å²) in [5, 5.41) is 0. The zero-order valence-electron chi connectivity index (χ0n) is 19.3. The molecule has 0 spiro atoms. The summed E-state index contributed by atoms with van der Waals surface area (Å²) in [6.45, 7) is 26.4. The van der Waals surface area contributed by atoms with Crippen LogP contribution in [-0.4, -0.2) is 31.1 Å². The summed E-state index contributed by atoms with van der Waals surface area (Å²) in [7, 11) is 0. The van der Waals surface area contributed by atoms with E-state index >= 15 is 0 Å². The summed E-state index contributed by atoms with van der Waals surface area (Å²) in [4.78, 5) is 2.43. The number of likely N-dealkylation sites (tertiary alicyclic amines) is 1. The van der Waals surface area contributed by atoms with Gasteiger partial charge in [-0.1, -0.05) is 75.8 Å². The van der Waals surface area contributed by atoms with Crippen LogP contribution in [0, 0.1) is 0 Å². The van der Waals surface area contributed by atoms with Crippen molar-refractivity contribution in [3.63, 3.8) is 0 Å². The maximum Gasteiger partial charge on any atom is 0.112 e. The molecule has 1 rings (SSSR count). The van der Waals surface area contributed by atoms with Crippen LogP contribution < -0.4 is 0 Å². The van der Waals surface area contributed by atoms with Crippen molar-refractivity contribution in [1.82, 2.24) is 4.90 Å². The molecule has 0 radical (unpaired) electrons. The number of hydrogen-bond acceptors (Lipinski definition) is 2. The molecule has 1 aliphatic heterocycles. The second kappa shape index (κ2) is 14.4. The zero-order chi connectivity index (χ0) is 22.4. The molecule has 0 unspecified atom stereocenters. The minimum atomic E-state index is 0.657. The number of ether oxygens (including phenoxy) is 1. The second-order valence-corrected chi connectivity index (χ2v) is 7.34. The topological polar surface area (TPSA) is 12.5 Å². The molecule has 0 aromatic heterocycles. The molecule has 2 nitrogen and oxygen atoms in total. The first-order chi connectivity index (χ1) is 14.5. The molecule has 0 bridgehead atoms. The third kappa shape index (κ3) is 8.42. The molecule has 0 atom stereocenters. The largest absolute Gasteiger partial charge is 0.493 e. The average molecular weight is 406 g/mol. The van der Waals surface area contributed by atoms with Gasteiger partial charge in [-0.2, -0.15) is 0 Å². The van der Waals surface area contributed by atoms with E-state index in [2.05, 4.69) is 63.3 Å². The molecule has 0 aliphatic carbocycles. The third-order valence-corrected chi connectivity index (χ3v) is 5.14. The molecule has 30 heavy (non-hydrogen) atoms. The van der Waals surface area contributed by atoms with E-state index in [9.17, 15) is 0 Å². The molecule has 0 aromatic carbocycles. The van der Waals surface area contributed by atoms with Crippen LogP contribution in [-0.2, 0) is 4.74 Å². The summed E-state index contributed by atoms with van der Waals surface area (Å²) in [6.07, 6.45) is 19.5. The highest BCUT2D eigenvalue weighted by Crippen LogP contribution is 2.29. The molecule has 1 heterocycles. The summed E-state index contributed by atoms with van der Waals surface area (Å²) in [6, 6.07) is 0. The first-order valence-electron chi connectivity index (χ1n) is 10.9. The van der Waals surface area contributed by atoms with Crippen LogP contribution in [0.3, 0.4) is 0 Å². The number of allylic oxidation sites excluding steroid dienone is 13. The normalized spacial score (nSPS) is 16.8. The Kier molecular flexibility index (Phi) is 12.2. The lowest BCUT2D eigenvalue weighted by molar-refractivity contribution is 0.181. The average Bonchev–Trinajstić information content (AvgIpc) is 3.26. The van der Waals surface area contributed by atoms with E-state index in [-0.39, 0.29) is 0 Å². The lowest BCUT2D eigenvalue weighted by atomic mass is 9.89. The maximum atomic E-state index is 5.80. The van der Waals surface area contributed by atoms with Crippen LogP contribution in [0.5, 0.6) is 0 Å². The molecule has 1 fully saturated rings. The Morgan fingerprint density at radius 1 is 1.03 bits per heavy atom. The van der Waals surface area contributed by atoms with Crippen LogP contribution >= 0.6 is 0 Å². The minimum Gasteiger partial charge on any atom is -0.493 e. The molecule has 2 heteroatoms. The van der Waals surface area contributed by atoms with Gasteiger partial charge in [0.1, 0.15) is 12.4 Å². The molecule has 162 valence electrons. The van der Waals surface area contributed by atoms with Crippen LogP contribution in [0.25, 0.3) is 0 Å². The van der Waals surface area contributed by atoms with Gasteiger partial charge in [0, 0.05) is 6.54 Å². The Morgan fingerprint density at radius 3 is 2.30 bits per heavy atom. The predicted molar refractivity (Wildman–Crippen MR) is 133 cm³/mol. The van der Waals surface area contributed by atoms with Gasteiger partial charge in [-0.15, -0.1) is 0 Å². The van der Waals surface area contributed by atoms with Crippen LogP contribution in [0.4, 0.5) is 0 Å². The molecule has 0 saturated carbocycles. The monoisotopic (exact) mass is 405 g/mol. The highest BCUT2D eigenvalue weighted by Gasteiger charge is 2.12. The van der Waals surface area contributed by atoms with Gasteiger partial charge in [0.2, 0.25) is 0 Å². The molecule has 1 aliphatic rings. The van der Waals surface area contributed by atoms with Gasteiger partial charge in [0.25, 0.3) is 0 Å². The van der Waals surface area contributed by atoms with E-state index in [1.54, 1.807) is 6.08 Å². The van der Waals surface area contributed by atoms with E-state index in [0.717, 1.165) is 40.8 Å². The molecule has 0 aromatic rings. The van der Waals surface area contributed by atoms with Crippen molar-refractivity contribution in [3.05, 3.63) is 109 Å². The van der Waals surface area contributed by atoms with Crippen molar-refractivity contribution >= 4 is 0 Å². The summed E-state index contributed by atoms with van der Waals surface area (Å²) < 4.78 is 5.80. The zero-order valence-corrected chi connectivity index (χ0v) is 19.3. The van der Waals surface area contributed by atoms with Gasteiger partial charge in [-0.3, -0.25) is 4.90 Å². The Hall–Kier alpha value is -2.58. The fourth-order valence-corrected chi connectivity index (χ4v) is 3.47. The highest BCUT2D eigenvalue weighted by molar-refractivity contribution is 5.62. The predicted octanol–water partition coefficient (Wildman–Crippen LogP) is 7.25. The van der Waals surface area contributed by atoms with Crippen molar-refractivity contribution in [3.8, 4) is 0 Å². The highest BCUT2D eigenvalue weighted by atomic mass is 16.5. The molecule has 0 N–H and O–H groups in total. The van der Waals surface area contributed by atoms with Crippen molar-refractivity contribution in [2.24, 2.45) is 0 Å². The van der Waals surface area contributed by atoms with Gasteiger partial charge in [0.05, 0.1) is 0 Å². The first kappa shape index (κ1) is 25.5. The van der Waals surface area contributed by atoms with Gasteiger partial charge in [-0.05, 0) is 80.1 Å². The Morgan fingerprint density at radius 2 is 1.73 bits per heavy atom. The van der Waals surface area contributed by atoms with Crippen molar-refractivity contribution in [2.75, 3.05) is 26.2 Å². The van der Waals surface area contributed by atoms with Gasteiger partial charge in [0.15, 0.2) is 0 Å². The molecular weight excluding hydrogens is 366 g/mol. The molecule has 1 saturated heterocycles. The maximum absolute atomic E-state index is 5.80. The summed E-state index contributed by atoms with van der Waals surface area (Å²) in [5.41, 5.74) is 5.24. The lowest BCUT2D eigenvalue weighted by Gasteiger charge is -2.16. The Bertz CT molecular complexity index is 764. The Balaban J connectivity index is 3.00. The second-order valence-electron chi connectivity index (χ2n) is 7.34. The SMILES string of the molecule is C=C/C=C(C=C)/C(C)=C(C(=C)/C=C\C(=C)OCCN1CCCC1)/C(/C=C\CC)=C/C. The minimum absolute atomic E-state index is 0.657. The summed E-state index contributed by atoms with van der Waals surface area (Å²) in [5.74, 6) is 0.657. The standard InChI is InChI=1S/C28H39NO/c1-8-12-16-27(11-4)28(25(7)26(10-3)15-9-2)23(5)17-18-24(6)30-22-21-29-19-13-14-20-29/h9-12,15-18H,2-3,5-6,8,13-14,19-22H2,1,4,7H3/b16-12-,18-17-,26-15+,27-11+,28-25+. The lowest BCUT2D eigenvalue weighted by Crippen LogP contribution is -2.23. The number of hydrogen-bond donors (Lipinski definition) is 0. The third-order valence-electron chi connectivity index (χ3n) is 5.14. The fourth-order valence-electron chi connectivity index (χ4n) is 3.47. The van der Waals surface area contributed by atoms with Gasteiger partial charge in [-0.25, -0.2) is 0 Å². The van der Waals surface area contributed by atoms with Crippen molar-refractivity contribution in [1.29, 1.82) is 0 Å². The number of nitrogens with zero attached hydrogens (tertiary/aromatic N) is 1. The van der Waals surface area contributed by atoms with E-state index in [1.165, 1.54) is 25.9 Å². The Labute approximate surface area is 184 Å². The van der Waals surface area contributed by atoms with Crippen LogP contribution in [0.15, 0.2) is 109 Å². The number of rotatable bonds is 13. The summed E-state index contributed by atoms with van der Waals surface area (Å²) >= 11 is 0. The molecular formula is C28H39NO. The van der Waals surface area contributed by atoms with Crippen LogP contribution in [0.1, 0.15) is 40.0 Å². The van der Waals surface area contributed by atoms with E-state index in [1.807, 2.05) is 31.2 Å². The van der Waals surface area contributed by atoms with E-state index in [4.69, 9.17) is 4.74 Å². The van der Waals surface area contributed by atoms with Crippen LogP contribution in [0.2, 0.25) is 0 Å². The van der Waals surface area contributed by atoms with E-state index < -0.39 is 0 Å². The van der Waals surface area contributed by atoms with Gasteiger partial charge < -0.3 is 4.74 Å². The quantitative estimate of drug-likeness (QED) is 0.236. The van der Waals surface area contributed by atoms with Crippen molar-refractivity contribution < 1.29 is 4.74 Å². The smallest absolute Gasteiger partial charge is 0.112 e. The van der Waals surface area contributed by atoms with Gasteiger partial charge >= 0.3 is 0 Å². The van der Waals surface area contributed by atoms with E-state index in [0.29, 0.717) is 12.4 Å².